The van der Waals surface area contributed by atoms with Crippen LogP contribution in [0.15, 0.2) is 12.1 Å². The van der Waals surface area contributed by atoms with Crippen molar-refractivity contribution in [3.05, 3.63) is 34.7 Å². The maximum Gasteiger partial charge on any atom is 0.356 e. The summed E-state index contributed by atoms with van der Waals surface area (Å²) < 4.78 is 35.9. The standard InChI is InChI=1S/C13H11F2NO4/c1-19-11(17)7-5-10(12(18)20-2)16-9-3-4-13(14,15)6-8(7)9/h3-5H,6H2,1-2H3. The van der Waals surface area contributed by atoms with E-state index in [2.05, 4.69) is 14.5 Å². The number of fused-ring (bicyclic) bond motifs is 1. The van der Waals surface area contributed by atoms with Gasteiger partial charge in [-0.25, -0.2) is 23.4 Å². The molecular weight excluding hydrogens is 272 g/mol. The van der Waals surface area contributed by atoms with Gasteiger partial charge in [0.05, 0.1) is 25.5 Å². The van der Waals surface area contributed by atoms with E-state index in [9.17, 15) is 18.4 Å². The molecule has 1 aromatic heterocycles. The molecule has 2 rings (SSSR count). The van der Waals surface area contributed by atoms with Crippen molar-refractivity contribution in [3.63, 3.8) is 0 Å². The van der Waals surface area contributed by atoms with Gasteiger partial charge < -0.3 is 9.47 Å². The molecule has 5 nitrogen and oxygen atoms in total. The summed E-state index contributed by atoms with van der Waals surface area (Å²) in [4.78, 5) is 27.1. The van der Waals surface area contributed by atoms with Crippen LogP contribution in [-0.2, 0) is 15.9 Å². The van der Waals surface area contributed by atoms with Crippen LogP contribution >= 0.6 is 0 Å². The smallest absolute Gasteiger partial charge is 0.356 e. The zero-order valence-electron chi connectivity index (χ0n) is 10.8. The summed E-state index contributed by atoms with van der Waals surface area (Å²) in [6, 6.07) is 1.10. The number of halogens is 2. The van der Waals surface area contributed by atoms with Crippen LogP contribution in [0.25, 0.3) is 6.08 Å². The van der Waals surface area contributed by atoms with Crippen LogP contribution in [0.2, 0.25) is 0 Å². The molecule has 7 heteroatoms. The fraction of sp³-hybridized carbons (Fsp3) is 0.308. The van der Waals surface area contributed by atoms with Crippen LogP contribution in [0.3, 0.4) is 0 Å². The molecule has 1 heterocycles. The van der Waals surface area contributed by atoms with Gasteiger partial charge in [-0.3, -0.25) is 0 Å². The zero-order chi connectivity index (χ0) is 14.9. The van der Waals surface area contributed by atoms with E-state index in [0.29, 0.717) is 6.08 Å². The van der Waals surface area contributed by atoms with Crippen molar-refractivity contribution in [2.24, 2.45) is 0 Å². The molecule has 0 radical (unpaired) electrons. The molecule has 1 aliphatic rings. The van der Waals surface area contributed by atoms with Crippen LogP contribution in [0.1, 0.15) is 32.1 Å². The number of carbonyl (C=O) groups excluding carboxylic acids is 2. The van der Waals surface area contributed by atoms with Crippen molar-refractivity contribution in [3.8, 4) is 0 Å². The highest BCUT2D eigenvalue weighted by molar-refractivity contribution is 5.96. The molecule has 0 N–H and O–H groups in total. The topological polar surface area (TPSA) is 65.5 Å². The Morgan fingerprint density at radius 2 is 1.90 bits per heavy atom. The van der Waals surface area contributed by atoms with Crippen LogP contribution in [0.4, 0.5) is 8.78 Å². The van der Waals surface area contributed by atoms with E-state index < -0.39 is 24.3 Å². The molecular formula is C13H11F2NO4. The van der Waals surface area contributed by atoms with Crippen molar-refractivity contribution >= 4 is 18.0 Å². The Balaban J connectivity index is 2.62. The molecule has 0 aliphatic heterocycles. The molecule has 0 bridgehead atoms. The fourth-order valence-corrected chi connectivity index (χ4v) is 1.91. The van der Waals surface area contributed by atoms with Gasteiger partial charge in [0, 0.05) is 6.42 Å². The zero-order valence-corrected chi connectivity index (χ0v) is 10.8. The first kappa shape index (κ1) is 14.1. The van der Waals surface area contributed by atoms with Gasteiger partial charge in [0.15, 0.2) is 0 Å². The SMILES string of the molecule is COC(=O)c1cc(C(=O)OC)c2c(n1)C=CC(F)(F)C2. The van der Waals surface area contributed by atoms with E-state index in [4.69, 9.17) is 0 Å². The second-order valence-electron chi connectivity index (χ2n) is 4.17. The van der Waals surface area contributed by atoms with Gasteiger partial charge in [-0.05, 0) is 23.8 Å². The number of methoxy groups -OCH3 is 2. The van der Waals surface area contributed by atoms with Crippen LogP contribution in [0, 0.1) is 0 Å². The van der Waals surface area contributed by atoms with Gasteiger partial charge in [-0.15, -0.1) is 0 Å². The fourth-order valence-electron chi connectivity index (χ4n) is 1.91. The highest BCUT2D eigenvalue weighted by atomic mass is 19.3. The van der Waals surface area contributed by atoms with Gasteiger partial charge in [-0.2, -0.15) is 0 Å². The first-order valence-corrected chi connectivity index (χ1v) is 5.65. The number of allylic oxidation sites excluding steroid dienone is 1. The van der Waals surface area contributed by atoms with Crippen molar-refractivity contribution in [1.82, 2.24) is 4.98 Å². The summed E-state index contributed by atoms with van der Waals surface area (Å²) in [5, 5.41) is 0. The van der Waals surface area contributed by atoms with Gasteiger partial charge >= 0.3 is 11.9 Å². The average molecular weight is 283 g/mol. The average Bonchev–Trinajstić information content (AvgIpc) is 2.43. The Labute approximate surface area is 113 Å². The number of aromatic nitrogens is 1. The first-order chi connectivity index (χ1) is 9.38. The minimum Gasteiger partial charge on any atom is -0.465 e. The van der Waals surface area contributed by atoms with E-state index in [0.717, 1.165) is 26.4 Å². The van der Waals surface area contributed by atoms with Crippen LogP contribution < -0.4 is 0 Å². The largest absolute Gasteiger partial charge is 0.465 e. The quantitative estimate of drug-likeness (QED) is 0.775. The highest BCUT2D eigenvalue weighted by Gasteiger charge is 2.34. The summed E-state index contributed by atoms with van der Waals surface area (Å²) in [6.45, 7) is 0. The number of pyridine rings is 1. The van der Waals surface area contributed by atoms with Crippen LogP contribution in [-0.4, -0.2) is 37.1 Å². The van der Waals surface area contributed by atoms with E-state index >= 15 is 0 Å². The maximum absolute atomic E-state index is 13.4. The van der Waals surface area contributed by atoms with Gasteiger partial charge in [0.1, 0.15) is 5.69 Å². The number of hydrogen-bond donors (Lipinski definition) is 0. The molecule has 0 saturated carbocycles. The third-order valence-electron chi connectivity index (χ3n) is 2.85. The van der Waals surface area contributed by atoms with Gasteiger partial charge in [0.2, 0.25) is 0 Å². The number of rotatable bonds is 2. The lowest BCUT2D eigenvalue weighted by molar-refractivity contribution is 0.0527. The summed E-state index contributed by atoms with van der Waals surface area (Å²) in [6.07, 6.45) is 1.10. The van der Waals surface area contributed by atoms with E-state index in [1.54, 1.807) is 0 Å². The monoisotopic (exact) mass is 283 g/mol. The summed E-state index contributed by atoms with van der Waals surface area (Å²) in [7, 11) is 2.29. The predicted octanol–water partition coefficient (Wildman–Crippen LogP) is 1.86. The number of hydrogen-bond acceptors (Lipinski definition) is 5. The van der Waals surface area contributed by atoms with Crippen molar-refractivity contribution in [2.45, 2.75) is 12.3 Å². The van der Waals surface area contributed by atoms with Gasteiger partial charge in [-0.1, -0.05) is 0 Å². The number of nitrogens with zero attached hydrogens (tertiary/aromatic N) is 1. The summed E-state index contributed by atoms with van der Waals surface area (Å²) >= 11 is 0. The number of esters is 2. The second-order valence-corrected chi connectivity index (χ2v) is 4.17. The van der Waals surface area contributed by atoms with Crippen molar-refractivity contribution in [2.75, 3.05) is 14.2 Å². The predicted molar refractivity (Wildman–Crippen MR) is 64.6 cm³/mol. The molecule has 0 unspecified atom stereocenters. The molecule has 1 aromatic rings. The summed E-state index contributed by atoms with van der Waals surface area (Å²) in [5.41, 5.74) is -0.0559. The molecule has 0 spiro atoms. The number of carbonyl (C=O) groups is 2. The van der Waals surface area contributed by atoms with Crippen molar-refractivity contribution < 1.29 is 27.8 Å². The number of ether oxygens (including phenoxy) is 2. The Hall–Kier alpha value is -2.31. The third kappa shape index (κ3) is 2.52. The minimum absolute atomic E-state index is 0.0528. The highest BCUT2D eigenvalue weighted by Crippen LogP contribution is 2.32. The molecule has 0 atom stereocenters. The second kappa shape index (κ2) is 4.99. The molecule has 0 fully saturated rings. The lowest BCUT2D eigenvalue weighted by atomic mass is 9.94. The lowest BCUT2D eigenvalue weighted by Crippen LogP contribution is -2.24. The molecule has 1 aliphatic carbocycles. The molecule has 0 saturated heterocycles. The Kier molecular flexibility index (Phi) is 3.52. The first-order valence-electron chi connectivity index (χ1n) is 5.65. The normalized spacial score (nSPS) is 15.4. The van der Waals surface area contributed by atoms with Crippen LogP contribution in [0.5, 0.6) is 0 Å². The Morgan fingerprint density at radius 1 is 1.25 bits per heavy atom. The molecule has 0 aromatic carbocycles. The van der Waals surface area contributed by atoms with E-state index in [-0.39, 0.29) is 22.5 Å². The van der Waals surface area contributed by atoms with E-state index in [1.165, 1.54) is 0 Å². The van der Waals surface area contributed by atoms with Crippen molar-refractivity contribution in [1.29, 1.82) is 0 Å². The molecule has 0 amide bonds. The molecule has 106 valence electrons. The van der Waals surface area contributed by atoms with Gasteiger partial charge in [0.25, 0.3) is 5.92 Å². The third-order valence-corrected chi connectivity index (χ3v) is 2.85. The Morgan fingerprint density at radius 3 is 2.50 bits per heavy atom. The summed E-state index contributed by atoms with van der Waals surface area (Å²) in [5.74, 6) is -4.63. The lowest BCUT2D eigenvalue weighted by Gasteiger charge is -2.20. The molecule has 20 heavy (non-hydrogen) atoms. The number of alkyl halides is 2. The minimum atomic E-state index is -3.07. The Bertz CT molecular complexity index is 611. The maximum atomic E-state index is 13.4. The van der Waals surface area contributed by atoms with E-state index in [1.807, 2.05) is 0 Å².